The van der Waals surface area contributed by atoms with Gasteiger partial charge in [0.25, 0.3) is 0 Å². The molecule has 150 valence electrons. The third kappa shape index (κ3) is 4.38. The van der Waals surface area contributed by atoms with Crippen molar-refractivity contribution in [3.05, 3.63) is 64.0 Å². The lowest BCUT2D eigenvalue weighted by Gasteiger charge is -2.34. The Morgan fingerprint density at radius 2 is 1.69 bits per heavy atom. The van der Waals surface area contributed by atoms with Gasteiger partial charge in [-0.3, -0.25) is 0 Å². The lowest BCUT2D eigenvalue weighted by molar-refractivity contribution is 0.208. The lowest BCUT2D eigenvalue weighted by Crippen LogP contribution is -2.50. The van der Waals surface area contributed by atoms with Gasteiger partial charge in [-0.05, 0) is 37.1 Å². The molecule has 1 aromatic heterocycles. The van der Waals surface area contributed by atoms with Gasteiger partial charge < -0.3 is 15.1 Å². The summed E-state index contributed by atoms with van der Waals surface area (Å²) in [4.78, 5) is 21.6. The Hall–Kier alpha value is -2.57. The normalized spacial score (nSPS) is 14.2. The zero-order chi connectivity index (χ0) is 20.4. The minimum atomic E-state index is -0.0388. The quantitative estimate of drug-likeness (QED) is 0.607. The molecule has 1 aliphatic rings. The molecule has 29 heavy (non-hydrogen) atoms. The van der Waals surface area contributed by atoms with Crippen LogP contribution in [0.3, 0.4) is 0 Å². The minimum Gasteiger partial charge on any atom is -0.345 e. The lowest BCUT2D eigenvalue weighted by atomic mass is 10.1. The number of piperazine rings is 1. The first-order valence-electron chi connectivity index (χ1n) is 9.60. The fourth-order valence-electron chi connectivity index (χ4n) is 3.46. The molecule has 0 atom stereocenters. The van der Waals surface area contributed by atoms with E-state index in [1.165, 1.54) is 0 Å². The van der Waals surface area contributed by atoms with Gasteiger partial charge in [-0.15, -0.1) is 11.3 Å². The highest BCUT2D eigenvalue weighted by Gasteiger charge is 2.23. The molecule has 0 unspecified atom stereocenters. The van der Waals surface area contributed by atoms with Crippen LogP contribution in [0.1, 0.15) is 11.1 Å². The number of benzene rings is 2. The second kappa shape index (κ2) is 8.43. The second-order valence-electron chi connectivity index (χ2n) is 7.19. The van der Waals surface area contributed by atoms with Crippen LogP contribution in [0.25, 0.3) is 11.3 Å². The fourth-order valence-corrected chi connectivity index (χ4v) is 4.48. The van der Waals surface area contributed by atoms with E-state index in [9.17, 15) is 4.79 Å². The van der Waals surface area contributed by atoms with Crippen molar-refractivity contribution in [2.75, 3.05) is 36.4 Å². The van der Waals surface area contributed by atoms with Crippen LogP contribution in [-0.4, -0.2) is 42.1 Å². The molecule has 1 saturated heterocycles. The number of carbonyl (C=O) groups excluding carboxylic acids is 1. The second-order valence-corrected chi connectivity index (χ2v) is 8.47. The molecule has 1 fully saturated rings. The van der Waals surface area contributed by atoms with Crippen molar-refractivity contribution in [1.82, 2.24) is 9.88 Å². The number of thiazole rings is 1. The minimum absolute atomic E-state index is 0.0388. The number of nitrogens with one attached hydrogen (secondary N) is 1. The zero-order valence-electron chi connectivity index (χ0n) is 16.5. The summed E-state index contributed by atoms with van der Waals surface area (Å²) in [6, 6.07) is 13.7. The summed E-state index contributed by atoms with van der Waals surface area (Å²) < 4.78 is 0. The average Bonchev–Trinajstić information content (AvgIpc) is 3.21. The summed E-state index contributed by atoms with van der Waals surface area (Å²) in [5.74, 6) is 0. The van der Waals surface area contributed by atoms with E-state index < -0.39 is 0 Å². The van der Waals surface area contributed by atoms with Crippen LogP contribution in [0.4, 0.5) is 15.6 Å². The van der Waals surface area contributed by atoms with Gasteiger partial charge in [-0.1, -0.05) is 41.9 Å². The van der Waals surface area contributed by atoms with Gasteiger partial charge in [0.05, 0.1) is 5.69 Å². The number of halogens is 1. The maximum Gasteiger partial charge on any atom is 0.321 e. The number of hydrogen-bond donors (Lipinski definition) is 1. The maximum atomic E-state index is 12.7. The van der Waals surface area contributed by atoms with E-state index in [4.69, 9.17) is 16.6 Å². The number of aryl methyl sites for hydroxylation is 2. The smallest absolute Gasteiger partial charge is 0.321 e. The van der Waals surface area contributed by atoms with Crippen LogP contribution < -0.4 is 10.2 Å². The summed E-state index contributed by atoms with van der Waals surface area (Å²) in [6.45, 7) is 6.92. The maximum absolute atomic E-state index is 12.7. The van der Waals surface area contributed by atoms with Crippen LogP contribution >= 0.6 is 22.9 Å². The van der Waals surface area contributed by atoms with Crippen molar-refractivity contribution >= 4 is 39.8 Å². The van der Waals surface area contributed by atoms with Gasteiger partial charge in [0.15, 0.2) is 5.13 Å². The molecule has 2 amide bonds. The molecule has 1 aliphatic heterocycles. The molecule has 0 saturated carbocycles. The van der Waals surface area contributed by atoms with E-state index in [1.54, 1.807) is 11.3 Å². The van der Waals surface area contributed by atoms with Crippen LogP contribution in [0.5, 0.6) is 0 Å². The Kier molecular flexibility index (Phi) is 5.74. The third-order valence-electron chi connectivity index (χ3n) is 5.18. The van der Waals surface area contributed by atoms with Crippen molar-refractivity contribution < 1.29 is 4.79 Å². The number of nitrogens with zero attached hydrogens (tertiary/aromatic N) is 3. The highest BCUT2D eigenvalue weighted by molar-refractivity contribution is 7.14. The van der Waals surface area contributed by atoms with Gasteiger partial charge in [0.1, 0.15) is 0 Å². The fraction of sp³-hybridized carbons (Fsp3) is 0.273. The molecule has 0 bridgehead atoms. The van der Waals surface area contributed by atoms with Gasteiger partial charge >= 0.3 is 6.03 Å². The molecule has 0 spiro atoms. The standard InChI is InChI=1S/C22H23ClN4OS/c1-15-4-3-5-16(2)20(15)25-21(28)26-10-12-27(13-11-26)22-24-19(14-29-22)17-6-8-18(23)9-7-17/h3-9,14H,10-13H2,1-2H3,(H,25,28). The molecule has 0 aliphatic carbocycles. The number of para-hydroxylation sites is 1. The van der Waals surface area contributed by atoms with E-state index in [0.29, 0.717) is 13.1 Å². The van der Waals surface area contributed by atoms with Crippen LogP contribution in [0, 0.1) is 13.8 Å². The molecule has 1 N–H and O–H groups in total. The molecule has 4 rings (SSSR count). The number of carbonyl (C=O) groups is 1. The number of rotatable bonds is 3. The van der Waals surface area contributed by atoms with E-state index in [0.717, 1.165) is 51.3 Å². The topological polar surface area (TPSA) is 48.5 Å². The molecular weight excluding hydrogens is 404 g/mol. The number of hydrogen-bond acceptors (Lipinski definition) is 4. The van der Waals surface area contributed by atoms with Gasteiger partial charge in [0, 0.05) is 47.8 Å². The summed E-state index contributed by atoms with van der Waals surface area (Å²) >= 11 is 7.60. The predicted octanol–water partition coefficient (Wildman–Crippen LogP) is 5.43. The molecule has 0 radical (unpaired) electrons. The first kappa shape index (κ1) is 19.7. The Labute approximate surface area is 179 Å². The number of urea groups is 1. The third-order valence-corrected chi connectivity index (χ3v) is 6.34. The van der Waals surface area contributed by atoms with E-state index in [2.05, 4.69) is 15.6 Å². The zero-order valence-corrected chi connectivity index (χ0v) is 18.1. The Morgan fingerprint density at radius 1 is 1.03 bits per heavy atom. The van der Waals surface area contributed by atoms with Crippen molar-refractivity contribution in [1.29, 1.82) is 0 Å². The van der Waals surface area contributed by atoms with Crippen molar-refractivity contribution in [2.45, 2.75) is 13.8 Å². The summed E-state index contributed by atoms with van der Waals surface area (Å²) in [6.07, 6.45) is 0. The first-order valence-corrected chi connectivity index (χ1v) is 10.9. The number of aromatic nitrogens is 1. The summed E-state index contributed by atoms with van der Waals surface area (Å²) in [5, 5.41) is 6.86. The first-order chi connectivity index (χ1) is 14.0. The van der Waals surface area contributed by atoms with Crippen LogP contribution in [-0.2, 0) is 0 Å². The molecule has 3 aromatic rings. The highest BCUT2D eigenvalue weighted by atomic mass is 35.5. The molecule has 2 heterocycles. The molecule has 2 aromatic carbocycles. The van der Waals surface area contributed by atoms with Gasteiger partial charge in [-0.2, -0.15) is 0 Å². The number of amides is 2. The molecule has 7 heteroatoms. The van der Waals surface area contributed by atoms with Crippen LogP contribution in [0.2, 0.25) is 5.02 Å². The largest absolute Gasteiger partial charge is 0.345 e. The average molecular weight is 427 g/mol. The molecule has 5 nitrogen and oxygen atoms in total. The van der Waals surface area contributed by atoms with Gasteiger partial charge in [0.2, 0.25) is 0 Å². The predicted molar refractivity (Wildman–Crippen MR) is 121 cm³/mol. The Morgan fingerprint density at radius 3 is 2.34 bits per heavy atom. The van der Waals surface area contributed by atoms with Crippen LogP contribution in [0.15, 0.2) is 47.8 Å². The Balaban J connectivity index is 1.37. The van der Waals surface area contributed by atoms with Crippen molar-refractivity contribution in [3.8, 4) is 11.3 Å². The van der Waals surface area contributed by atoms with Crippen molar-refractivity contribution in [3.63, 3.8) is 0 Å². The van der Waals surface area contributed by atoms with Crippen molar-refractivity contribution in [2.24, 2.45) is 0 Å². The number of anilines is 2. The SMILES string of the molecule is Cc1cccc(C)c1NC(=O)N1CCN(c2nc(-c3ccc(Cl)cc3)cs2)CC1. The summed E-state index contributed by atoms with van der Waals surface area (Å²) in [5.41, 5.74) is 5.08. The Bertz CT molecular complexity index is 990. The van der Waals surface area contributed by atoms with Gasteiger partial charge in [-0.25, -0.2) is 9.78 Å². The monoisotopic (exact) mass is 426 g/mol. The van der Waals surface area contributed by atoms with E-state index in [-0.39, 0.29) is 6.03 Å². The van der Waals surface area contributed by atoms with E-state index in [1.807, 2.05) is 61.2 Å². The molecular formula is C22H23ClN4OS. The highest BCUT2D eigenvalue weighted by Crippen LogP contribution is 2.29. The van der Waals surface area contributed by atoms with E-state index >= 15 is 0 Å². The summed E-state index contributed by atoms with van der Waals surface area (Å²) in [7, 11) is 0.